The molecule has 1 N–H and O–H groups in total. The minimum atomic E-state index is -3.77. The molecule has 1 amide bonds. The molecule has 0 aliphatic carbocycles. The Morgan fingerprint density at radius 2 is 1.61 bits per heavy atom. The first-order chi connectivity index (χ1) is 15.6. The Balaban J connectivity index is 1.73. The van der Waals surface area contributed by atoms with Gasteiger partial charge in [0, 0.05) is 39.9 Å². The van der Waals surface area contributed by atoms with Crippen LogP contribution in [0, 0.1) is 0 Å². The zero-order valence-corrected chi connectivity index (χ0v) is 20.2. The molecule has 2 aromatic carbocycles. The molecule has 0 saturated carbocycles. The molecule has 0 radical (unpaired) electrons. The third-order valence-corrected chi connectivity index (χ3v) is 6.20. The van der Waals surface area contributed by atoms with Crippen LogP contribution in [0.5, 0.6) is 5.75 Å². The number of hydrogen-bond donors (Lipinski definition) is 1. The summed E-state index contributed by atoms with van der Waals surface area (Å²) in [6.45, 7) is 2.15. The van der Waals surface area contributed by atoms with Crippen LogP contribution in [0.2, 0.25) is 0 Å². The van der Waals surface area contributed by atoms with Crippen LogP contribution in [0.4, 0.5) is 5.69 Å². The highest BCUT2D eigenvalue weighted by atomic mass is 32.2. The SMILES string of the molecule is CCOc1ccc(S(=O)(=O)NCCC(=O)OCC(=O)N(C)Cc2ccc(N(C)C)cc2)cc1. The highest BCUT2D eigenvalue weighted by molar-refractivity contribution is 7.89. The van der Waals surface area contributed by atoms with Crippen molar-refractivity contribution in [2.24, 2.45) is 0 Å². The molecule has 0 unspecified atom stereocenters. The van der Waals surface area contributed by atoms with E-state index >= 15 is 0 Å². The van der Waals surface area contributed by atoms with E-state index in [2.05, 4.69) is 4.72 Å². The Bertz CT molecular complexity index is 1020. The van der Waals surface area contributed by atoms with Gasteiger partial charge in [-0.3, -0.25) is 9.59 Å². The monoisotopic (exact) mass is 477 g/mol. The van der Waals surface area contributed by atoms with Crippen LogP contribution in [0.15, 0.2) is 53.4 Å². The van der Waals surface area contributed by atoms with Gasteiger partial charge in [0.25, 0.3) is 5.91 Å². The van der Waals surface area contributed by atoms with Gasteiger partial charge >= 0.3 is 5.97 Å². The number of benzene rings is 2. The van der Waals surface area contributed by atoms with Gasteiger partial charge in [-0.05, 0) is 48.9 Å². The van der Waals surface area contributed by atoms with Gasteiger partial charge in [0.05, 0.1) is 17.9 Å². The zero-order valence-electron chi connectivity index (χ0n) is 19.4. The van der Waals surface area contributed by atoms with Gasteiger partial charge in [0.1, 0.15) is 5.75 Å². The van der Waals surface area contributed by atoms with E-state index in [0.717, 1.165) is 11.3 Å². The molecule has 0 bridgehead atoms. The third-order valence-electron chi connectivity index (χ3n) is 4.72. The molecule has 9 nitrogen and oxygen atoms in total. The standard InChI is InChI=1S/C23H31N3O6S/c1-5-31-20-10-12-21(13-11-20)33(29,30)24-15-14-23(28)32-17-22(27)26(4)16-18-6-8-19(9-7-18)25(2)3/h6-13,24H,5,14-17H2,1-4H3. The Hall–Kier alpha value is -3.11. The average molecular weight is 478 g/mol. The Morgan fingerprint density at radius 1 is 0.970 bits per heavy atom. The maximum absolute atomic E-state index is 12.3. The first kappa shape index (κ1) is 26.1. The number of likely N-dealkylation sites (N-methyl/N-ethyl adjacent to an activating group) is 1. The lowest BCUT2D eigenvalue weighted by Crippen LogP contribution is -2.31. The van der Waals surface area contributed by atoms with Gasteiger partial charge in [-0.2, -0.15) is 0 Å². The normalized spacial score (nSPS) is 11.0. The molecular weight excluding hydrogens is 446 g/mol. The van der Waals surface area contributed by atoms with Gasteiger partial charge in [-0.25, -0.2) is 13.1 Å². The van der Waals surface area contributed by atoms with E-state index in [4.69, 9.17) is 9.47 Å². The maximum Gasteiger partial charge on any atom is 0.307 e. The third kappa shape index (κ3) is 8.39. The molecule has 0 saturated heterocycles. The molecule has 0 aromatic heterocycles. The van der Waals surface area contributed by atoms with E-state index in [0.29, 0.717) is 18.9 Å². The fourth-order valence-corrected chi connectivity index (χ4v) is 3.87. The molecule has 0 aliphatic heterocycles. The molecular formula is C23H31N3O6S. The van der Waals surface area contributed by atoms with E-state index in [9.17, 15) is 18.0 Å². The first-order valence-electron chi connectivity index (χ1n) is 10.5. The summed E-state index contributed by atoms with van der Waals surface area (Å²) in [6.07, 6.45) is -0.195. The lowest BCUT2D eigenvalue weighted by molar-refractivity contribution is -0.151. The number of rotatable bonds is 12. The highest BCUT2D eigenvalue weighted by Crippen LogP contribution is 2.16. The molecule has 10 heteroatoms. The predicted octanol–water partition coefficient (Wildman–Crippen LogP) is 2.02. The second-order valence-electron chi connectivity index (χ2n) is 7.52. The van der Waals surface area contributed by atoms with Crippen molar-refractivity contribution < 1.29 is 27.5 Å². The lowest BCUT2D eigenvalue weighted by Gasteiger charge is -2.18. The van der Waals surface area contributed by atoms with Crippen LogP contribution in [0.3, 0.4) is 0 Å². The zero-order chi connectivity index (χ0) is 24.4. The Kier molecular flexibility index (Phi) is 9.68. The summed E-state index contributed by atoms with van der Waals surface area (Å²) in [5, 5.41) is 0. The summed E-state index contributed by atoms with van der Waals surface area (Å²) < 4.78 is 37.2. The molecule has 0 atom stereocenters. The number of nitrogens with one attached hydrogen (secondary N) is 1. The summed E-state index contributed by atoms with van der Waals surface area (Å²) >= 11 is 0. The fraction of sp³-hybridized carbons (Fsp3) is 0.391. The number of amides is 1. The van der Waals surface area contributed by atoms with Crippen molar-refractivity contribution in [1.82, 2.24) is 9.62 Å². The minimum Gasteiger partial charge on any atom is -0.494 e. The number of carbonyl (C=O) groups excluding carboxylic acids is 2. The van der Waals surface area contributed by atoms with Crippen molar-refractivity contribution in [1.29, 1.82) is 0 Å². The number of esters is 1. The molecule has 180 valence electrons. The first-order valence-corrected chi connectivity index (χ1v) is 12.0. The number of sulfonamides is 1. The molecule has 0 aliphatic rings. The van der Waals surface area contributed by atoms with Crippen LogP contribution >= 0.6 is 0 Å². The van der Waals surface area contributed by atoms with Crippen molar-refractivity contribution >= 4 is 27.6 Å². The highest BCUT2D eigenvalue weighted by Gasteiger charge is 2.16. The lowest BCUT2D eigenvalue weighted by atomic mass is 10.2. The smallest absolute Gasteiger partial charge is 0.307 e. The fourth-order valence-electron chi connectivity index (χ4n) is 2.84. The molecule has 0 heterocycles. The van der Waals surface area contributed by atoms with Crippen molar-refractivity contribution in [3.05, 3.63) is 54.1 Å². The minimum absolute atomic E-state index is 0.0646. The summed E-state index contributed by atoms with van der Waals surface area (Å²) in [4.78, 5) is 27.7. The quantitative estimate of drug-likeness (QED) is 0.466. The molecule has 2 aromatic rings. The number of anilines is 1. The second-order valence-corrected chi connectivity index (χ2v) is 9.29. The predicted molar refractivity (Wildman–Crippen MR) is 126 cm³/mol. The van der Waals surface area contributed by atoms with Crippen LogP contribution in [0.25, 0.3) is 0 Å². The van der Waals surface area contributed by atoms with Crippen LogP contribution in [0.1, 0.15) is 18.9 Å². The second kappa shape index (κ2) is 12.2. The molecule has 33 heavy (non-hydrogen) atoms. The number of nitrogens with zero attached hydrogens (tertiary/aromatic N) is 2. The van der Waals surface area contributed by atoms with E-state index in [1.807, 2.05) is 50.2 Å². The van der Waals surface area contributed by atoms with Gasteiger partial charge in [0.2, 0.25) is 10.0 Å². The number of ether oxygens (including phenoxy) is 2. The van der Waals surface area contributed by atoms with Crippen LogP contribution in [-0.2, 0) is 30.9 Å². The van der Waals surface area contributed by atoms with E-state index in [1.54, 1.807) is 19.2 Å². The molecule has 0 fully saturated rings. The number of carbonyl (C=O) groups is 2. The van der Waals surface area contributed by atoms with Gasteiger partial charge < -0.3 is 19.3 Å². The van der Waals surface area contributed by atoms with Crippen molar-refractivity contribution in [3.63, 3.8) is 0 Å². The number of hydrogen-bond acceptors (Lipinski definition) is 7. The van der Waals surface area contributed by atoms with Crippen LogP contribution < -0.4 is 14.4 Å². The topological polar surface area (TPSA) is 105 Å². The van der Waals surface area contributed by atoms with E-state index in [-0.39, 0.29) is 23.8 Å². The van der Waals surface area contributed by atoms with Crippen LogP contribution in [-0.4, -0.2) is 66.1 Å². The summed E-state index contributed by atoms with van der Waals surface area (Å²) in [6, 6.07) is 13.8. The molecule has 2 rings (SSSR count). The largest absolute Gasteiger partial charge is 0.494 e. The summed E-state index contributed by atoms with van der Waals surface area (Å²) in [5.74, 6) is -0.447. The van der Waals surface area contributed by atoms with Gasteiger partial charge in [-0.15, -0.1) is 0 Å². The average Bonchev–Trinajstić information content (AvgIpc) is 2.78. The van der Waals surface area contributed by atoms with Crippen molar-refractivity contribution in [2.45, 2.75) is 24.8 Å². The Labute approximate surface area is 195 Å². The maximum atomic E-state index is 12.3. The van der Waals surface area contributed by atoms with Gasteiger partial charge in [-0.1, -0.05) is 12.1 Å². The summed E-state index contributed by atoms with van der Waals surface area (Å²) in [5.41, 5.74) is 2.01. The van der Waals surface area contributed by atoms with E-state index < -0.39 is 22.6 Å². The Morgan fingerprint density at radius 3 is 2.18 bits per heavy atom. The summed E-state index contributed by atoms with van der Waals surface area (Å²) in [7, 11) is 1.76. The van der Waals surface area contributed by atoms with E-state index in [1.165, 1.54) is 17.0 Å². The van der Waals surface area contributed by atoms with Gasteiger partial charge in [0.15, 0.2) is 6.61 Å². The van der Waals surface area contributed by atoms with Crippen molar-refractivity contribution in [2.75, 3.05) is 45.8 Å². The molecule has 0 spiro atoms. The van der Waals surface area contributed by atoms with Crippen molar-refractivity contribution in [3.8, 4) is 5.75 Å².